The lowest BCUT2D eigenvalue weighted by Crippen LogP contribution is -2.42. The summed E-state index contributed by atoms with van der Waals surface area (Å²) in [6.45, 7) is 8.38. The molecule has 0 saturated heterocycles. The first-order valence-corrected chi connectivity index (χ1v) is 7.54. The lowest BCUT2D eigenvalue weighted by molar-refractivity contribution is -0.139. The summed E-state index contributed by atoms with van der Waals surface area (Å²) < 4.78 is 0. The van der Waals surface area contributed by atoms with Gasteiger partial charge in [0, 0.05) is 6.54 Å². The molecule has 5 nitrogen and oxygen atoms in total. The van der Waals surface area contributed by atoms with Crippen LogP contribution in [0.1, 0.15) is 53.4 Å². The van der Waals surface area contributed by atoms with Gasteiger partial charge in [0.1, 0.15) is 0 Å². The number of unbranched alkanes of at least 4 members (excludes halogenated alkanes) is 1. The van der Waals surface area contributed by atoms with Crippen LogP contribution in [-0.4, -0.2) is 29.6 Å². The molecule has 4 N–H and O–H groups in total. The predicted octanol–water partition coefficient (Wildman–Crippen LogP) is 2.00. The smallest absolute Gasteiger partial charge is 0.303 e. The molecule has 0 aromatic heterocycles. The summed E-state index contributed by atoms with van der Waals surface area (Å²) in [7, 11) is 0. The Morgan fingerprint density at radius 2 is 1.85 bits per heavy atom. The summed E-state index contributed by atoms with van der Waals surface area (Å²) in [5, 5.41) is 11.8. The number of carboxylic acid groups (broad SMARTS) is 1. The molecular weight excluding hydrogens is 256 g/mol. The molecule has 118 valence electrons. The van der Waals surface area contributed by atoms with Crippen LogP contribution in [0.5, 0.6) is 0 Å². The molecule has 4 atom stereocenters. The molecule has 0 aliphatic carbocycles. The summed E-state index contributed by atoms with van der Waals surface area (Å²) in [6, 6.07) is -0.562. The molecule has 0 rings (SSSR count). The number of amides is 1. The fourth-order valence-electron chi connectivity index (χ4n) is 2.31. The zero-order chi connectivity index (χ0) is 15.7. The number of aliphatic carboxylic acids is 1. The normalized spacial score (nSPS) is 17.1. The molecule has 0 aromatic rings. The van der Waals surface area contributed by atoms with Gasteiger partial charge in [-0.1, -0.05) is 40.0 Å². The maximum Gasteiger partial charge on any atom is 0.303 e. The second-order valence-corrected chi connectivity index (χ2v) is 5.87. The van der Waals surface area contributed by atoms with Crippen LogP contribution in [0, 0.1) is 17.8 Å². The van der Waals surface area contributed by atoms with E-state index in [1.807, 2.05) is 0 Å². The van der Waals surface area contributed by atoms with Crippen molar-refractivity contribution in [2.45, 2.75) is 59.4 Å². The molecule has 0 aromatic carbocycles. The highest BCUT2D eigenvalue weighted by Crippen LogP contribution is 2.27. The van der Waals surface area contributed by atoms with E-state index in [-0.39, 0.29) is 24.2 Å². The van der Waals surface area contributed by atoms with Crippen LogP contribution in [0.25, 0.3) is 0 Å². The van der Waals surface area contributed by atoms with Gasteiger partial charge >= 0.3 is 5.97 Å². The van der Waals surface area contributed by atoms with Crippen LogP contribution >= 0.6 is 0 Å². The Morgan fingerprint density at radius 3 is 2.30 bits per heavy atom. The summed E-state index contributed by atoms with van der Waals surface area (Å²) in [6.07, 6.45) is 3.46. The van der Waals surface area contributed by atoms with E-state index in [9.17, 15) is 9.59 Å². The third kappa shape index (κ3) is 7.48. The topological polar surface area (TPSA) is 92.4 Å². The third-order valence-electron chi connectivity index (χ3n) is 4.04. The van der Waals surface area contributed by atoms with Gasteiger partial charge in [0.25, 0.3) is 0 Å². The molecule has 0 radical (unpaired) electrons. The second kappa shape index (κ2) is 9.75. The Balaban J connectivity index is 4.53. The zero-order valence-electron chi connectivity index (χ0n) is 13.2. The van der Waals surface area contributed by atoms with Crippen molar-refractivity contribution in [3.05, 3.63) is 0 Å². The van der Waals surface area contributed by atoms with Crippen molar-refractivity contribution in [3.63, 3.8) is 0 Å². The Morgan fingerprint density at radius 1 is 1.25 bits per heavy atom. The van der Waals surface area contributed by atoms with Crippen molar-refractivity contribution in [1.82, 2.24) is 5.32 Å². The Kier molecular flexibility index (Phi) is 9.21. The highest BCUT2D eigenvalue weighted by Gasteiger charge is 2.25. The van der Waals surface area contributed by atoms with Crippen LogP contribution in [0.4, 0.5) is 0 Å². The number of hydrogen-bond acceptors (Lipinski definition) is 3. The van der Waals surface area contributed by atoms with E-state index in [4.69, 9.17) is 10.8 Å². The van der Waals surface area contributed by atoms with Crippen molar-refractivity contribution < 1.29 is 14.7 Å². The molecule has 5 heteroatoms. The monoisotopic (exact) mass is 286 g/mol. The minimum atomic E-state index is -0.820. The van der Waals surface area contributed by atoms with Gasteiger partial charge in [-0.05, 0) is 24.7 Å². The highest BCUT2D eigenvalue weighted by atomic mass is 16.4. The van der Waals surface area contributed by atoms with Gasteiger partial charge in [0.2, 0.25) is 5.91 Å². The van der Waals surface area contributed by atoms with Crippen molar-refractivity contribution in [2.75, 3.05) is 6.54 Å². The summed E-state index contributed by atoms with van der Waals surface area (Å²) in [5.74, 6) is -0.395. The van der Waals surface area contributed by atoms with Gasteiger partial charge in [-0.3, -0.25) is 9.59 Å². The SMILES string of the molecule is CCCCC(C)C(C)C(CNC(=O)[C@H](C)N)CC(=O)O. The fourth-order valence-corrected chi connectivity index (χ4v) is 2.31. The average molecular weight is 286 g/mol. The highest BCUT2D eigenvalue weighted by molar-refractivity contribution is 5.81. The fraction of sp³-hybridized carbons (Fsp3) is 0.867. The van der Waals surface area contributed by atoms with E-state index in [1.54, 1.807) is 6.92 Å². The van der Waals surface area contributed by atoms with Gasteiger partial charge in [-0.25, -0.2) is 0 Å². The van der Waals surface area contributed by atoms with Gasteiger partial charge in [-0.15, -0.1) is 0 Å². The first-order chi connectivity index (χ1) is 9.29. The first kappa shape index (κ1) is 18.9. The number of rotatable bonds is 10. The number of carbonyl (C=O) groups is 2. The van der Waals surface area contributed by atoms with E-state index in [0.29, 0.717) is 12.5 Å². The molecule has 0 aliphatic heterocycles. The number of nitrogens with one attached hydrogen (secondary N) is 1. The lowest BCUT2D eigenvalue weighted by atomic mass is 9.79. The molecule has 0 spiro atoms. The van der Waals surface area contributed by atoms with E-state index < -0.39 is 12.0 Å². The van der Waals surface area contributed by atoms with Crippen LogP contribution in [0.15, 0.2) is 0 Å². The largest absolute Gasteiger partial charge is 0.481 e. The van der Waals surface area contributed by atoms with E-state index in [0.717, 1.165) is 19.3 Å². The van der Waals surface area contributed by atoms with E-state index >= 15 is 0 Å². The number of carbonyl (C=O) groups excluding carboxylic acids is 1. The molecule has 0 bridgehead atoms. The lowest BCUT2D eigenvalue weighted by Gasteiger charge is -2.28. The first-order valence-electron chi connectivity index (χ1n) is 7.54. The standard InChI is InChI=1S/C15H30N2O3/c1-5-6-7-10(2)11(3)13(8-14(18)19)9-17-15(20)12(4)16/h10-13H,5-9,16H2,1-4H3,(H,17,20)(H,18,19)/t10?,11?,12-,13?/m0/s1. The number of carboxylic acids is 1. The van der Waals surface area contributed by atoms with Crippen molar-refractivity contribution >= 4 is 11.9 Å². The van der Waals surface area contributed by atoms with Gasteiger partial charge < -0.3 is 16.2 Å². The van der Waals surface area contributed by atoms with E-state index in [1.165, 1.54) is 0 Å². The van der Waals surface area contributed by atoms with Crippen LogP contribution in [0.3, 0.4) is 0 Å². The Bertz CT molecular complexity index is 305. The second-order valence-electron chi connectivity index (χ2n) is 5.87. The molecule has 3 unspecified atom stereocenters. The van der Waals surface area contributed by atoms with Crippen molar-refractivity contribution in [2.24, 2.45) is 23.5 Å². The summed E-state index contributed by atoms with van der Waals surface area (Å²) >= 11 is 0. The molecule has 0 saturated carbocycles. The van der Waals surface area contributed by atoms with Gasteiger partial charge in [0.05, 0.1) is 12.5 Å². The third-order valence-corrected chi connectivity index (χ3v) is 4.04. The van der Waals surface area contributed by atoms with Gasteiger partial charge in [0.15, 0.2) is 0 Å². The predicted molar refractivity (Wildman–Crippen MR) is 80.3 cm³/mol. The summed E-state index contributed by atoms with van der Waals surface area (Å²) in [4.78, 5) is 22.5. The van der Waals surface area contributed by atoms with Crippen molar-refractivity contribution in [3.8, 4) is 0 Å². The molecular formula is C15H30N2O3. The minimum absolute atomic E-state index is 0.0537. The number of hydrogen-bond donors (Lipinski definition) is 3. The molecule has 20 heavy (non-hydrogen) atoms. The Hall–Kier alpha value is -1.10. The summed E-state index contributed by atoms with van der Waals surface area (Å²) in [5.41, 5.74) is 5.50. The zero-order valence-corrected chi connectivity index (χ0v) is 13.2. The van der Waals surface area contributed by atoms with E-state index in [2.05, 4.69) is 26.1 Å². The van der Waals surface area contributed by atoms with Crippen LogP contribution in [0.2, 0.25) is 0 Å². The maximum atomic E-state index is 11.5. The van der Waals surface area contributed by atoms with Crippen molar-refractivity contribution in [1.29, 1.82) is 0 Å². The maximum absolute atomic E-state index is 11.5. The molecule has 0 fully saturated rings. The number of nitrogens with two attached hydrogens (primary N) is 1. The molecule has 0 aliphatic rings. The quantitative estimate of drug-likeness (QED) is 0.572. The molecule has 1 amide bonds. The minimum Gasteiger partial charge on any atom is -0.481 e. The van der Waals surface area contributed by atoms with Crippen LogP contribution < -0.4 is 11.1 Å². The molecule has 0 heterocycles. The average Bonchev–Trinajstić information content (AvgIpc) is 2.38. The Labute approximate surface area is 122 Å². The van der Waals surface area contributed by atoms with Gasteiger partial charge in [-0.2, -0.15) is 0 Å². The van der Waals surface area contributed by atoms with Crippen LogP contribution in [-0.2, 0) is 9.59 Å².